The predicted molar refractivity (Wildman–Crippen MR) is 77.6 cm³/mol. The van der Waals surface area contributed by atoms with Crippen LogP contribution in [0.25, 0.3) is 0 Å². The van der Waals surface area contributed by atoms with Gasteiger partial charge in [-0.3, -0.25) is 4.90 Å². The maximum absolute atomic E-state index is 12.1. The van der Waals surface area contributed by atoms with E-state index >= 15 is 0 Å². The van der Waals surface area contributed by atoms with Crippen molar-refractivity contribution in [2.75, 3.05) is 32.4 Å². The summed E-state index contributed by atoms with van der Waals surface area (Å²) < 4.78 is 26.9. The van der Waals surface area contributed by atoms with Gasteiger partial charge in [-0.1, -0.05) is 0 Å². The zero-order valence-electron chi connectivity index (χ0n) is 12.1. The molecule has 2 N–H and O–H groups in total. The van der Waals surface area contributed by atoms with Crippen molar-refractivity contribution >= 4 is 10.0 Å². The van der Waals surface area contributed by atoms with Gasteiger partial charge in [0, 0.05) is 18.6 Å². The van der Waals surface area contributed by atoms with E-state index in [1.165, 1.54) is 12.8 Å². The number of hydrogen-bond acceptors (Lipinski definition) is 4. The lowest BCUT2D eigenvalue weighted by atomic mass is 10.0. The fraction of sp³-hybridized carbons (Fsp3) is 1.00. The molecule has 1 aliphatic carbocycles. The van der Waals surface area contributed by atoms with E-state index in [4.69, 9.17) is 0 Å². The molecule has 5 nitrogen and oxygen atoms in total. The van der Waals surface area contributed by atoms with Gasteiger partial charge in [-0.2, -0.15) is 0 Å². The van der Waals surface area contributed by atoms with Crippen LogP contribution < -0.4 is 10.0 Å². The van der Waals surface area contributed by atoms with Gasteiger partial charge >= 0.3 is 0 Å². The lowest BCUT2D eigenvalue weighted by molar-refractivity contribution is 0.248. The molecule has 0 spiro atoms. The van der Waals surface area contributed by atoms with Crippen molar-refractivity contribution in [3.05, 3.63) is 0 Å². The highest BCUT2D eigenvalue weighted by Gasteiger charge is 2.29. The first-order valence-corrected chi connectivity index (χ1v) is 9.03. The predicted octanol–water partition coefficient (Wildman–Crippen LogP) is 0.388. The molecule has 19 heavy (non-hydrogen) atoms. The topological polar surface area (TPSA) is 61.4 Å². The van der Waals surface area contributed by atoms with Crippen LogP contribution in [0.1, 0.15) is 32.6 Å². The molecule has 0 aromatic carbocycles. The van der Waals surface area contributed by atoms with Gasteiger partial charge in [-0.25, -0.2) is 13.1 Å². The molecule has 0 aromatic rings. The molecule has 1 saturated heterocycles. The Kier molecular flexibility index (Phi) is 5.22. The summed E-state index contributed by atoms with van der Waals surface area (Å²) in [4.78, 5) is 2.28. The zero-order chi connectivity index (χ0) is 13.9. The minimum Gasteiger partial charge on any atom is -0.317 e. The summed E-state index contributed by atoms with van der Waals surface area (Å²) in [5, 5.41) is 3.26. The van der Waals surface area contributed by atoms with Crippen molar-refractivity contribution in [2.24, 2.45) is 5.92 Å². The number of nitrogens with zero attached hydrogens (tertiary/aromatic N) is 1. The fourth-order valence-corrected chi connectivity index (χ4v) is 4.22. The van der Waals surface area contributed by atoms with E-state index in [2.05, 4.69) is 28.9 Å². The minimum absolute atomic E-state index is 0.273. The number of piperidine rings is 1. The second-order valence-corrected chi connectivity index (χ2v) is 7.92. The SMILES string of the molecule is CC(CNS(=O)(=O)CC1CCNCC1)N(C)C1CC1. The molecular formula is C13H27N3O2S. The van der Waals surface area contributed by atoms with Crippen LogP contribution in [0, 0.1) is 5.92 Å². The summed E-state index contributed by atoms with van der Waals surface area (Å²) in [6.45, 7) is 4.51. The minimum atomic E-state index is -3.12. The summed E-state index contributed by atoms with van der Waals surface area (Å²) in [5.41, 5.74) is 0. The first-order valence-electron chi connectivity index (χ1n) is 7.38. The Morgan fingerprint density at radius 2 is 1.89 bits per heavy atom. The van der Waals surface area contributed by atoms with Gasteiger partial charge in [0.15, 0.2) is 0 Å². The third-order valence-corrected chi connectivity index (χ3v) is 5.85. The Morgan fingerprint density at radius 1 is 1.26 bits per heavy atom. The number of sulfonamides is 1. The van der Waals surface area contributed by atoms with Crippen molar-refractivity contribution < 1.29 is 8.42 Å². The van der Waals surface area contributed by atoms with E-state index < -0.39 is 10.0 Å². The lowest BCUT2D eigenvalue weighted by Gasteiger charge is -2.26. The van der Waals surface area contributed by atoms with E-state index in [0.717, 1.165) is 25.9 Å². The molecule has 6 heteroatoms. The van der Waals surface area contributed by atoms with E-state index in [9.17, 15) is 8.42 Å². The molecule has 0 bridgehead atoms. The van der Waals surface area contributed by atoms with E-state index in [-0.39, 0.29) is 11.8 Å². The number of likely N-dealkylation sites (N-methyl/N-ethyl adjacent to an activating group) is 1. The van der Waals surface area contributed by atoms with Crippen molar-refractivity contribution in [3.63, 3.8) is 0 Å². The quantitative estimate of drug-likeness (QED) is 0.712. The summed E-state index contributed by atoms with van der Waals surface area (Å²) >= 11 is 0. The highest BCUT2D eigenvalue weighted by Crippen LogP contribution is 2.26. The van der Waals surface area contributed by atoms with Gasteiger partial charge in [-0.05, 0) is 58.7 Å². The Balaban J connectivity index is 1.73. The van der Waals surface area contributed by atoms with E-state index in [0.29, 0.717) is 18.5 Å². The molecule has 1 saturated carbocycles. The molecule has 2 aliphatic rings. The average Bonchev–Trinajstić information content (AvgIpc) is 3.20. The summed E-state index contributed by atoms with van der Waals surface area (Å²) in [6, 6.07) is 0.944. The lowest BCUT2D eigenvalue weighted by Crippen LogP contribution is -2.43. The smallest absolute Gasteiger partial charge is 0.211 e. The first-order chi connectivity index (χ1) is 8.98. The maximum atomic E-state index is 12.1. The Labute approximate surface area is 117 Å². The van der Waals surface area contributed by atoms with Crippen LogP contribution in [0.15, 0.2) is 0 Å². The molecule has 112 valence electrons. The van der Waals surface area contributed by atoms with Crippen LogP contribution in [-0.4, -0.2) is 57.8 Å². The van der Waals surface area contributed by atoms with Gasteiger partial charge in [-0.15, -0.1) is 0 Å². The van der Waals surface area contributed by atoms with Crippen molar-refractivity contribution in [2.45, 2.75) is 44.7 Å². The molecule has 0 amide bonds. The molecule has 1 unspecified atom stereocenters. The van der Waals surface area contributed by atoms with Crippen LogP contribution in [0.2, 0.25) is 0 Å². The van der Waals surface area contributed by atoms with Crippen molar-refractivity contribution in [1.82, 2.24) is 14.9 Å². The van der Waals surface area contributed by atoms with Crippen molar-refractivity contribution in [1.29, 1.82) is 0 Å². The normalized spacial score (nSPS) is 23.7. The van der Waals surface area contributed by atoms with Gasteiger partial charge in [0.1, 0.15) is 0 Å². The van der Waals surface area contributed by atoms with Crippen molar-refractivity contribution in [3.8, 4) is 0 Å². The molecule has 0 radical (unpaired) electrons. The van der Waals surface area contributed by atoms with Crippen LogP contribution in [0.4, 0.5) is 0 Å². The molecule has 1 aliphatic heterocycles. The molecule has 1 heterocycles. The van der Waals surface area contributed by atoms with Crippen LogP contribution in [0.3, 0.4) is 0 Å². The second-order valence-electron chi connectivity index (χ2n) is 6.07. The molecule has 2 fully saturated rings. The molecule has 2 rings (SSSR count). The van der Waals surface area contributed by atoms with Crippen LogP contribution >= 0.6 is 0 Å². The third kappa shape index (κ3) is 5.02. The van der Waals surface area contributed by atoms with Gasteiger partial charge in [0.25, 0.3) is 0 Å². The van der Waals surface area contributed by atoms with Gasteiger partial charge < -0.3 is 5.32 Å². The van der Waals surface area contributed by atoms with Crippen LogP contribution in [-0.2, 0) is 10.0 Å². The standard InChI is InChI=1S/C13H27N3O2S/c1-11(16(2)13-3-4-13)9-15-19(17,18)10-12-5-7-14-8-6-12/h11-15H,3-10H2,1-2H3. The molecule has 0 aromatic heterocycles. The molecular weight excluding hydrogens is 262 g/mol. The fourth-order valence-electron chi connectivity index (χ4n) is 2.65. The number of nitrogens with one attached hydrogen (secondary N) is 2. The average molecular weight is 289 g/mol. The number of rotatable bonds is 7. The van der Waals surface area contributed by atoms with Gasteiger partial charge in [0.05, 0.1) is 5.75 Å². The Morgan fingerprint density at radius 3 is 2.47 bits per heavy atom. The third-order valence-electron chi connectivity index (χ3n) is 4.33. The highest BCUT2D eigenvalue weighted by molar-refractivity contribution is 7.89. The van der Waals surface area contributed by atoms with E-state index in [1.807, 2.05) is 0 Å². The molecule has 1 atom stereocenters. The monoisotopic (exact) mass is 289 g/mol. The second kappa shape index (κ2) is 6.52. The number of hydrogen-bond donors (Lipinski definition) is 2. The summed E-state index contributed by atoms with van der Waals surface area (Å²) in [5.74, 6) is 0.601. The van der Waals surface area contributed by atoms with E-state index in [1.54, 1.807) is 0 Å². The zero-order valence-corrected chi connectivity index (χ0v) is 12.9. The summed E-state index contributed by atoms with van der Waals surface area (Å²) in [7, 11) is -1.03. The first kappa shape index (κ1) is 15.2. The Hall–Kier alpha value is -0.170. The highest BCUT2D eigenvalue weighted by atomic mass is 32.2. The Bertz CT molecular complexity index is 375. The summed E-state index contributed by atoms with van der Waals surface area (Å²) in [6.07, 6.45) is 4.45. The van der Waals surface area contributed by atoms with Gasteiger partial charge in [0.2, 0.25) is 10.0 Å². The largest absolute Gasteiger partial charge is 0.317 e. The van der Waals surface area contributed by atoms with Crippen LogP contribution in [0.5, 0.6) is 0 Å². The maximum Gasteiger partial charge on any atom is 0.211 e.